The molecule has 1 N–H and O–H groups in total. The highest BCUT2D eigenvalue weighted by molar-refractivity contribution is 5.75. The van der Waals surface area contributed by atoms with Crippen LogP contribution in [0.3, 0.4) is 0 Å². The average molecular weight is 226 g/mol. The van der Waals surface area contributed by atoms with Gasteiger partial charge in [-0.25, -0.2) is 4.39 Å². The number of halogens is 1. The van der Waals surface area contributed by atoms with Crippen LogP contribution in [0, 0.1) is 5.82 Å². The van der Waals surface area contributed by atoms with Crippen LogP contribution in [0.25, 0.3) is 0 Å². The van der Waals surface area contributed by atoms with Crippen molar-refractivity contribution in [2.45, 2.75) is 25.9 Å². The normalized spacial score (nSPS) is 14.2. The Balaban J connectivity index is 2.61. The van der Waals surface area contributed by atoms with Crippen molar-refractivity contribution in [2.24, 2.45) is 0 Å². The number of aromatic nitrogens is 1. The fourth-order valence-electron chi connectivity index (χ4n) is 1.35. The van der Waals surface area contributed by atoms with E-state index in [9.17, 15) is 9.18 Å². The summed E-state index contributed by atoms with van der Waals surface area (Å²) in [7, 11) is 1.33. The Kier molecular flexibility index (Phi) is 4.37. The Morgan fingerprint density at radius 1 is 1.50 bits per heavy atom. The van der Waals surface area contributed by atoms with Crippen molar-refractivity contribution in [1.82, 2.24) is 10.3 Å². The van der Waals surface area contributed by atoms with Gasteiger partial charge in [-0.15, -0.1) is 0 Å². The Bertz CT molecular complexity index is 354. The van der Waals surface area contributed by atoms with E-state index >= 15 is 0 Å². The lowest BCUT2D eigenvalue weighted by atomic mass is 10.2. The van der Waals surface area contributed by atoms with E-state index in [0.29, 0.717) is 5.69 Å². The fraction of sp³-hybridized carbons (Fsp3) is 0.455. The van der Waals surface area contributed by atoms with Gasteiger partial charge in [0.2, 0.25) is 0 Å². The number of hydrogen-bond donors (Lipinski definition) is 1. The van der Waals surface area contributed by atoms with Gasteiger partial charge in [-0.05, 0) is 26.0 Å². The van der Waals surface area contributed by atoms with Crippen LogP contribution in [-0.4, -0.2) is 24.1 Å². The van der Waals surface area contributed by atoms with Crippen LogP contribution in [0.15, 0.2) is 18.3 Å². The first-order valence-electron chi connectivity index (χ1n) is 5.00. The summed E-state index contributed by atoms with van der Waals surface area (Å²) in [5.41, 5.74) is 0.678. The average Bonchev–Trinajstić information content (AvgIpc) is 2.28. The molecule has 88 valence electrons. The van der Waals surface area contributed by atoms with E-state index < -0.39 is 6.04 Å². The standard InChI is InChI=1S/C11H15FN2O2/c1-7(14-8(2)11(15)16-3)10-5-4-9(12)6-13-10/h4-8,14H,1-3H3/t7?,8-/m0/s1. The third-order valence-electron chi connectivity index (χ3n) is 2.25. The van der Waals surface area contributed by atoms with E-state index in [2.05, 4.69) is 15.0 Å². The van der Waals surface area contributed by atoms with Crippen LogP contribution in [0.2, 0.25) is 0 Å². The van der Waals surface area contributed by atoms with E-state index in [4.69, 9.17) is 0 Å². The number of methoxy groups -OCH3 is 1. The molecule has 1 aromatic rings. The summed E-state index contributed by atoms with van der Waals surface area (Å²) in [4.78, 5) is 15.1. The zero-order valence-corrected chi connectivity index (χ0v) is 9.53. The highest BCUT2D eigenvalue weighted by Crippen LogP contribution is 2.10. The van der Waals surface area contributed by atoms with Gasteiger partial charge >= 0.3 is 5.97 Å². The number of pyridine rings is 1. The predicted molar refractivity (Wildman–Crippen MR) is 57.2 cm³/mol. The minimum absolute atomic E-state index is 0.144. The second kappa shape index (κ2) is 5.55. The maximum Gasteiger partial charge on any atom is 0.322 e. The van der Waals surface area contributed by atoms with E-state index in [-0.39, 0.29) is 17.8 Å². The highest BCUT2D eigenvalue weighted by atomic mass is 19.1. The minimum Gasteiger partial charge on any atom is -0.468 e. The van der Waals surface area contributed by atoms with Crippen molar-refractivity contribution in [3.05, 3.63) is 29.8 Å². The summed E-state index contributed by atoms with van der Waals surface area (Å²) in [6.07, 6.45) is 1.15. The topological polar surface area (TPSA) is 51.2 Å². The number of nitrogens with one attached hydrogen (secondary N) is 1. The summed E-state index contributed by atoms with van der Waals surface area (Å²) < 4.78 is 17.2. The minimum atomic E-state index is -0.424. The van der Waals surface area contributed by atoms with E-state index in [1.807, 2.05) is 6.92 Å². The quantitative estimate of drug-likeness (QED) is 0.789. The van der Waals surface area contributed by atoms with Gasteiger partial charge in [0.15, 0.2) is 0 Å². The van der Waals surface area contributed by atoms with Gasteiger partial charge in [-0.3, -0.25) is 15.1 Å². The van der Waals surface area contributed by atoms with Crippen LogP contribution in [0.5, 0.6) is 0 Å². The maximum absolute atomic E-state index is 12.6. The number of carbonyl (C=O) groups is 1. The fourth-order valence-corrected chi connectivity index (χ4v) is 1.35. The van der Waals surface area contributed by atoms with Gasteiger partial charge in [0.1, 0.15) is 11.9 Å². The van der Waals surface area contributed by atoms with Crippen molar-refractivity contribution in [3.8, 4) is 0 Å². The number of esters is 1. The molecule has 0 saturated carbocycles. The largest absolute Gasteiger partial charge is 0.468 e. The third-order valence-corrected chi connectivity index (χ3v) is 2.25. The highest BCUT2D eigenvalue weighted by Gasteiger charge is 2.16. The van der Waals surface area contributed by atoms with Crippen LogP contribution in [0.1, 0.15) is 25.6 Å². The van der Waals surface area contributed by atoms with Gasteiger partial charge in [-0.2, -0.15) is 0 Å². The van der Waals surface area contributed by atoms with Gasteiger partial charge in [-0.1, -0.05) is 0 Å². The predicted octanol–water partition coefficient (Wildman–Crippen LogP) is 1.43. The molecule has 4 nitrogen and oxygen atoms in total. The number of hydrogen-bond acceptors (Lipinski definition) is 4. The third kappa shape index (κ3) is 3.27. The lowest BCUT2D eigenvalue weighted by Crippen LogP contribution is -2.36. The Morgan fingerprint density at radius 3 is 2.69 bits per heavy atom. The molecule has 2 atom stereocenters. The van der Waals surface area contributed by atoms with Crippen LogP contribution in [0.4, 0.5) is 4.39 Å². The van der Waals surface area contributed by atoms with Crippen LogP contribution in [-0.2, 0) is 9.53 Å². The molecule has 1 heterocycles. The Hall–Kier alpha value is -1.49. The SMILES string of the molecule is COC(=O)[C@H](C)NC(C)c1ccc(F)cn1. The number of nitrogens with zero attached hydrogens (tertiary/aromatic N) is 1. The van der Waals surface area contributed by atoms with Crippen molar-refractivity contribution in [1.29, 1.82) is 0 Å². The van der Waals surface area contributed by atoms with E-state index in [0.717, 1.165) is 6.20 Å². The van der Waals surface area contributed by atoms with Crippen molar-refractivity contribution in [3.63, 3.8) is 0 Å². The Labute approximate surface area is 93.8 Å². The first-order valence-corrected chi connectivity index (χ1v) is 5.00. The van der Waals surface area contributed by atoms with Gasteiger partial charge in [0, 0.05) is 6.04 Å². The monoisotopic (exact) mass is 226 g/mol. The molecule has 16 heavy (non-hydrogen) atoms. The van der Waals surface area contributed by atoms with Crippen molar-refractivity contribution < 1.29 is 13.9 Å². The van der Waals surface area contributed by atoms with Crippen molar-refractivity contribution in [2.75, 3.05) is 7.11 Å². The number of rotatable bonds is 4. The number of carbonyl (C=O) groups excluding carboxylic acids is 1. The Morgan fingerprint density at radius 2 is 2.19 bits per heavy atom. The van der Waals surface area contributed by atoms with Gasteiger partial charge in [0.25, 0.3) is 0 Å². The van der Waals surface area contributed by atoms with E-state index in [1.165, 1.54) is 13.2 Å². The molecule has 0 fully saturated rings. The maximum atomic E-state index is 12.6. The molecule has 0 aliphatic carbocycles. The zero-order valence-electron chi connectivity index (χ0n) is 9.53. The summed E-state index contributed by atoms with van der Waals surface area (Å²) in [6, 6.07) is 2.35. The van der Waals surface area contributed by atoms with E-state index in [1.54, 1.807) is 13.0 Å². The first kappa shape index (κ1) is 12.6. The van der Waals surface area contributed by atoms with Crippen LogP contribution >= 0.6 is 0 Å². The summed E-state index contributed by atoms with van der Waals surface area (Å²) in [6.45, 7) is 3.55. The molecule has 1 unspecified atom stereocenters. The summed E-state index contributed by atoms with van der Waals surface area (Å²) in [5.74, 6) is -0.717. The molecule has 0 radical (unpaired) electrons. The molecule has 0 amide bonds. The lowest BCUT2D eigenvalue weighted by Gasteiger charge is -2.17. The number of ether oxygens (including phenoxy) is 1. The molecule has 0 aromatic carbocycles. The molecule has 0 aliphatic rings. The zero-order chi connectivity index (χ0) is 12.1. The molecule has 1 aromatic heterocycles. The second-order valence-electron chi connectivity index (χ2n) is 3.53. The van der Waals surface area contributed by atoms with Crippen LogP contribution < -0.4 is 5.32 Å². The first-order chi connectivity index (χ1) is 7.54. The van der Waals surface area contributed by atoms with Crippen molar-refractivity contribution >= 4 is 5.97 Å². The summed E-state index contributed by atoms with van der Waals surface area (Å²) in [5, 5.41) is 3.01. The molecule has 0 bridgehead atoms. The lowest BCUT2D eigenvalue weighted by molar-refractivity contribution is -0.142. The van der Waals surface area contributed by atoms with Gasteiger partial charge in [0.05, 0.1) is 19.0 Å². The molecule has 0 spiro atoms. The molecule has 0 aliphatic heterocycles. The smallest absolute Gasteiger partial charge is 0.322 e. The molecule has 0 saturated heterocycles. The molecular weight excluding hydrogens is 211 g/mol. The molecule has 5 heteroatoms. The second-order valence-corrected chi connectivity index (χ2v) is 3.53. The summed E-state index contributed by atoms with van der Waals surface area (Å²) >= 11 is 0. The van der Waals surface area contributed by atoms with Gasteiger partial charge < -0.3 is 4.74 Å². The molecular formula is C11H15FN2O2. The molecule has 1 rings (SSSR count).